The lowest BCUT2D eigenvalue weighted by molar-refractivity contribution is -0.122. The van der Waals surface area contributed by atoms with Crippen LogP contribution in [0.2, 0.25) is 0 Å². The molecule has 0 atom stereocenters. The Morgan fingerprint density at radius 3 is 2.45 bits per heavy atom. The Bertz CT molecular complexity index is 1570. The predicted molar refractivity (Wildman–Crippen MR) is 161 cm³/mol. The van der Waals surface area contributed by atoms with Gasteiger partial charge in [-0.3, -0.25) is 24.2 Å². The summed E-state index contributed by atoms with van der Waals surface area (Å²) in [4.78, 5) is 43.4. The molecule has 0 radical (unpaired) electrons. The third-order valence-electron chi connectivity index (χ3n) is 6.68. The molecule has 204 valence electrons. The molecule has 1 fully saturated rings. The molecule has 2 aliphatic rings. The van der Waals surface area contributed by atoms with Crippen LogP contribution in [0, 0.1) is 6.92 Å². The van der Waals surface area contributed by atoms with Crippen LogP contribution in [0.3, 0.4) is 0 Å². The van der Waals surface area contributed by atoms with Crippen molar-refractivity contribution in [3.8, 4) is 11.5 Å². The first-order valence-electron chi connectivity index (χ1n) is 12.6. The van der Waals surface area contributed by atoms with Crippen molar-refractivity contribution in [1.29, 1.82) is 0 Å². The van der Waals surface area contributed by atoms with Gasteiger partial charge in [-0.05, 0) is 54.8 Å². The van der Waals surface area contributed by atoms with Gasteiger partial charge in [0, 0.05) is 17.8 Å². The minimum absolute atomic E-state index is 0.188. The summed E-state index contributed by atoms with van der Waals surface area (Å²) >= 11 is 6.67. The van der Waals surface area contributed by atoms with E-state index in [2.05, 4.69) is 5.32 Å². The van der Waals surface area contributed by atoms with Crippen molar-refractivity contribution in [2.75, 3.05) is 37.5 Å². The summed E-state index contributed by atoms with van der Waals surface area (Å²) in [6.45, 7) is 2.09. The first-order valence-corrected chi connectivity index (χ1v) is 13.8. The Morgan fingerprint density at radius 1 is 0.925 bits per heavy atom. The van der Waals surface area contributed by atoms with Crippen LogP contribution in [0.4, 0.5) is 11.4 Å². The second-order valence-electron chi connectivity index (χ2n) is 9.29. The number of thiocarbonyl (C=S) groups is 1. The highest BCUT2D eigenvalue weighted by Crippen LogP contribution is 2.44. The molecular formula is C30H27N3O5S2. The number of methoxy groups -OCH3 is 2. The Kier molecular flexibility index (Phi) is 7.90. The molecule has 0 bridgehead atoms. The molecule has 10 heteroatoms. The zero-order valence-electron chi connectivity index (χ0n) is 22.2. The van der Waals surface area contributed by atoms with Crippen molar-refractivity contribution in [2.45, 2.75) is 13.3 Å². The molecule has 0 saturated carbocycles. The van der Waals surface area contributed by atoms with E-state index in [1.54, 1.807) is 44.6 Å². The van der Waals surface area contributed by atoms with Crippen molar-refractivity contribution in [1.82, 2.24) is 4.90 Å². The van der Waals surface area contributed by atoms with Gasteiger partial charge in [0.1, 0.15) is 10.9 Å². The Labute approximate surface area is 241 Å². The summed E-state index contributed by atoms with van der Waals surface area (Å²) < 4.78 is 11.1. The number of aryl methyl sites for hydroxylation is 1. The lowest BCUT2D eigenvalue weighted by Crippen LogP contribution is -2.35. The molecule has 5 rings (SSSR count). The first-order chi connectivity index (χ1) is 19.3. The molecule has 3 aromatic rings. The number of benzene rings is 3. The van der Waals surface area contributed by atoms with Crippen molar-refractivity contribution >= 4 is 63.0 Å². The lowest BCUT2D eigenvalue weighted by Gasteiger charge is -2.17. The van der Waals surface area contributed by atoms with E-state index in [4.69, 9.17) is 21.7 Å². The van der Waals surface area contributed by atoms with Gasteiger partial charge in [0.05, 0.1) is 30.4 Å². The van der Waals surface area contributed by atoms with E-state index < -0.39 is 5.91 Å². The van der Waals surface area contributed by atoms with Gasteiger partial charge in [0.2, 0.25) is 5.91 Å². The van der Waals surface area contributed by atoms with E-state index in [-0.39, 0.29) is 28.8 Å². The van der Waals surface area contributed by atoms with Crippen LogP contribution in [0.5, 0.6) is 11.5 Å². The number of ether oxygens (including phenoxy) is 2. The van der Waals surface area contributed by atoms with Crippen LogP contribution in [0.25, 0.3) is 5.57 Å². The maximum Gasteiger partial charge on any atom is 0.267 e. The molecule has 0 unspecified atom stereocenters. The highest BCUT2D eigenvalue weighted by atomic mass is 32.2. The zero-order valence-corrected chi connectivity index (χ0v) is 23.9. The average molecular weight is 574 g/mol. The normalized spacial score (nSPS) is 16.4. The molecule has 0 aliphatic carbocycles. The van der Waals surface area contributed by atoms with Gasteiger partial charge in [-0.1, -0.05) is 60.4 Å². The zero-order chi connectivity index (χ0) is 28.4. The fourth-order valence-corrected chi connectivity index (χ4v) is 6.12. The van der Waals surface area contributed by atoms with E-state index >= 15 is 0 Å². The minimum Gasteiger partial charge on any atom is -0.493 e. The largest absolute Gasteiger partial charge is 0.493 e. The molecular weight excluding hydrogens is 546 g/mol. The molecule has 1 saturated heterocycles. The number of hydrogen-bond donors (Lipinski definition) is 1. The summed E-state index contributed by atoms with van der Waals surface area (Å²) in [5.41, 5.74) is 4.07. The minimum atomic E-state index is -0.402. The molecule has 2 heterocycles. The number of rotatable bonds is 8. The smallest absolute Gasteiger partial charge is 0.267 e. The lowest BCUT2D eigenvalue weighted by atomic mass is 10.1. The van der Waals surface area contributed by atoms with Crippen LogP contribution < -0.4 is 19.7 Å². The summed E-state index contributed by atoms with van der Waals surface area (Å²) in [5, 5.41) is 2.85. The molecule has 0 spiro atoms. The van der Waals surface area contributed by atoms with Crippen LogP contribution in [-0.4, -0.2) is 54.3 Å². The van der Waals surface area contributed by atoms with Gasteiger partial charge in [-0.25, -0.2) is 0 Å². The van der Waals surface area contributed by atoms with Crippen LogP contribution in [-0.2, 0) is 20.8 Å². The van der Waals surface area contributed by atoms with Crippen LogP contribution in [0.1, 0.15) is 16.7 Å². The molecule has 3 amide bonds. The summed E-state index contributed by atoms with van der Waals surface area (Å²) in [6.07, 6.45) is 0.533. The van der Waals surface area contributed by atoms with Crippen molar-refractivity contribution in [2.24, 2.45) is 0 Å². The summed E-state index contributed by atoms with van der Waals surface area (Å²) in [6, 6.07) is 20.2. The van der Waals surface area contributed by atoms with Crippen LogP contribution >= 0.6 is 24.0 Å². The fourth-order valence-electron chi connectivity index (χ4n) is 4.74. The number of para-hydroxylation sites is 1. The SMILES string of the molecule is COc1ccc(CCN2C(=O)/C(=C3/C(=O)N(CC(=O)Nc4cccc(C)c4)c4ccccc43)SC2=S)cc1OC. The molecule has 2 aliphatic heterocycles. The van der Waals surface area contributed by atoms with Crippen molar-refractivity contribution < 1.29 is 23.9 Å². The number of fused-ring (bicyclic) bond motifs is 1. The highest BCUT2D eigenvalue weighted by molar-refractivity contribution is 8.26. The maximum absolute atomic E-state index is 13.7. The molecule has 1 N–H and O–H groups in total. The molecule has 3 aromatic carbocycles. The van der Waals surface area contributed by atoms with Gasteiger partial charge in [0.25, 0.3) is 11.8 Å². The number of anilines is 2. The number of nitrogens with zero attached hydrogens (tertiary/aromatic N) is 2. The van der Waals surface area contributed by atoms with Crippen molar-refractivity contribution in [3.63, 3.8) is 0 Å². The Balaban J connectivity index is 1.36. The number of amides is 3. The Hall–Kier alpha value is -4.15. The summed E-state index contributed by atoms with van der Waals surface area (Å²) in [7, 11) is 3.15. The van der Waals surface area contributed by atoms with E-state index in [1.165, 1.54) is 9.80 Å². The number of hydrogen-bond acceptors (Lipinski definition) is 7. The summed E-state index contributed by atoms with van der Waals surface area (Å²) in [5.74, 6) is 0.169. The van der Waals surface area contributed by atoms with E-state index in [1.807, 2.05) is 43.3 Å². The van der Waals surface area contributed by atoms with E-state index in [0.29, 0.717) is 45.7 Å². The van der Waals surface area contributed by atoms with Gasteiger partial charge < -0.3 is 14.8 Å². The second-order valence-corrected chi connectivity index (χ2v) is 10.9. The topological polar surface area (TPSA) is 88.2 Å². The van der Waals surface area contributed by atoms with Gasteiger partial charge in [-0.2, -0.15) is 0 Å². The van der Waals surface area contributed by atoms with Gasteiger partial charge >= 0.3 is 0 Å². The number of carbonyl (C=O) groups excluding carboxylic acids is 3. The average Bonchev–Trinajstić information content (AvgIpc) is 3.38. The second kappa shape index (κ2) is 11.5. The van der Waals surface area contributed by atoms with Gasteiger partial charge in [0.15, 0.2) is 11.5 Å². The van der Waals surface area contributed by atoms with Gasteiger partial charge in [-0.15, -0.1) is 0 Å². The van der Waals surface area contributed by atoms with Crippen molar-refractivity contribution in [3.05, 3.63) is 88.3 Å². The monoisotopic (exact) mass is 573 g/mol. The quantitative estimate of drug-likeness (QED) is 0.306. The first kappa shape index (κ1) is 27.4. The molecule has 40 heavy (non-hydrogen) atoms. The number of nitrogens with one attached hydrogen (secondary N) is 1. The van der Waals surface area contributed by atoms with E-state index in [0.717, 1.165) is 22.9 Å². The highest BCUT2D eigenvalue weighted by Gasteiger charge is 2.42. The number of carbonyl (C=O) groups is 3. The standard InChI is InChI=1S/C30H27N3O5S2/c1-18-7-6-8-20(15-18)31-25(34)17-33-22-10-5-4-9-21(22)26(28(33)35)27-29(36)32(30(39)40-27)14-13-19-11-12-23(37-2)24(16-19)38-3/h4-12,15-16H,13-14,17H2,1-3H3,(H,31,34)/b27-26-. The predicted octanol–water partition coefficient (Wildman–Crippen LogP) is 4.81. The van der Waals surface area contributed by atoms with E-state index in [9.17, 15) is 14.4 Å². The fraction of sp³-hybridized carbons (Fsp3) is 0.200. The third kappa shape index (κ3) is 5.32. The Morgan fingerprint density at radius 2 is 1.70 bits per heavy atom. The number of thioether (sulfide) groups is 1. The third-order valence-corrected chi connectivity index (χ3v) is 8.12. The maximum atomic E-state index is 13.7. The van der Waals surface area contributed by atoms with Crippen LogP contribution in [0.15, 0.2) is 71.6 Å². The molecule has 0 aromatic heterocycles. The molecule has 8 nitrogen and oxygen atoms in total.